The molecule has 0 rings (SSSR count). The molecule has 0 radical (unpaired) electrons. The van der Waals surface area contributed by atoms with Gasteiger partial charge in [0.1, 0.15) is 0 Å². The van der Waals surface area contributed by atoms with Gasteiger partial charge >= 0.3 is 0 Å². The third kappa shape index (κ3) is 1.83. The lowest BCUT2D eigenvalue weighted by atomic mass is 9.92. The van der Waals surface area contributed by atoms with E-state index >= 15 is 0 Å². The van der Waals surface area contributed by atoms with Gasteiger partial charge < -0.3 is 0 Å². The maximum atomic E-state index is 11.0. The molecule has 0 fully saturated rings. The maximum Gasteiger partial charge on any atom is 0.227 e. The molecule has 0 saturated carbocycles. The zero-order chi connectivity index (χ0) is 11.8. The molecule has 8 heavy (non-hydrogen) atoms. The molecule has 0 aromatic rings. The maximum absolute atomic E-state index is 11.0. The topological polar surface area (TPSA) is 17.1 Å². The fraction of sp³-hybridized carbons (Fsp3) is 0.833. The molecule has 0 aromatic carbocycles. The van der Waals surface area contributed by atoms with E-state index in [9.17, 15) is 4.79 Å². The first-order valence-electron chi connectivity index (χ1n) is 5.20. The molecule has 0 spiro atoms. The van der Waals surface area contributed by atoms with Crippen molar-refractivity contribution in [2.45, 2.75) is 27.0 Å². The molecule has 0 amide bonds. The van der Waals surface area contributed by atoms with Crippen molar-refractivity contribution in [1.29, 1.82) is 0 Å². The van der Waals surface area contributed by atoms with Crippen molar-refractivity contribution in [3.8, 4) is 0 Å². The normalized spacial score (nSPS) is 25.8. The van der Waals surface area contributed by atoms with Gasteiger partial charge in [0.2, 0.25) is 5.24 Å². The number of halogens is 1. The van der Waals surface area contributed by atoms with Crippen LogP contribution in [0.2, 0.25) is 0 Å². The summed E-state index contributed by atoms with van der Waals surface area (Å²) in [5, 5.41) is -1.33. The quantitative estimate of drug-likeness (QED) is 0.538. The SMILES string of the molecule is [2H]C([2H])([2H])C(CC)(C(=O)Cl)C([2H])([2H])[2H]. The van der Waals surface area contributed by atoms with Crippen LogP contribution in [-0.4, -0.2) is 5.24 Å². The minimum Gasteiger partial charge on any atom is -0.281 e. The van der Waals surface area contributed by atoms with Crippen molar-refractivity contribution in [2.24, 2.45) is 5.41 Å². The smallest absolute Gasteiger partial charge is 0.227 e. The Balaban J connectivity index is 5.58. The van der Waals surface area contributed by atoms with Gasteiger partial charge in [0.15, 0.2) is 0 Å². The van der Waals surface area contributed by atoms with Crippen LogP contribution in [0.1, 0.15) is 35.3 Å². The summed E-state index contributed by atoms with van der Waals surface area (Å²) < 4.78 is 42.5. The first-order chi connectivity index (χ1) is 6.00. The zero-order valence-corrected chi connectivity index (χ0v) is 5.25. The van der Waals surface area contributed by atoms with E-state index in [0.717, 1.165) is 0 Å². The highest BCUT2D eigenvalue weighted by Crippen LogP contribution is 2.22. The summed E-state index contributed by atoms with van der Waals surface area (Å²) in [5.41, 5.74) is -2.46. The Kier molecular flexibility index (Phi) is 0.715. The first-order valence-corrected chi connectivity index (χ1v) is 2.58. The average molecular weight is 141 g/mol. The molecule has 0 aliphatic rings. The molecule has 0 atom stereocenters. The van der Waals surface area contributed by atoms with E-state index in [4.69, 9.17) is 19.8 Å². The minimum atomic E-state index is -2.92. The number of carbonyl (C=O) groups excluding carboxylic acids is 1. The second-order valence-corrected chi connectivity index (χ2v) is 1.88. The van der Waals surface area contributed by atoms with Gasteiger partial charge in [-0.15, -0.1) is 0 Å². The number of rotatable bonds is 2. The van der Waals surface area contributed by atoms with Gasteiger partial charge in [-0.05, 0) is 18.0 Å². The van der Waals surface area contributed by atoms with E-state index in [1.807, 2.05) is 0 Å². The van der Waals surface area contributed by atoms with E-state index in [2.05, 4.69) is 0 Å². The monoisotopic (exact) mass is 140 g/mol. The second-order valence-electron chi connectivity index (χ2n) is 1.53. The summed E-state index contributed by atoms with van der Waals surface area (Å²) in [6.45, 7) is -4.53. The highest BCUT2D eigenvalue weighted by molar-refractivity contribution is 6.64. The van der Waals surface area contributed by atoms with Crippen molar-refractivity contribution >= 4 is 16.8 Å². The minimum absolute atomic E-state index is 0.345. The summed E-state index contributed by atoms with van der Waals surface area (Å²) in [5.74, 6) is 0. The number of hydrogen-bond acceptors (Lipinski definition) is 1. The van der Waals surface area contributed by atoms with Gasteiger partial charge in [0.05, 0.1) is 0 Å². The lowest BCUT2D eigenvalue weighted by Gasteiger charge is -2.14. The van der Waals surface area contributed by atoms with Crippen molar-refractivity contribution in [1.82, 2.24) is 0 Å². The summed E-state index contributed by atoms with van der Waals surface area (Å²) in [6.07, 6.45) is -0.345. The van der Waals surface area contributed by atoms with Crippen LogP contribution < -0.4 is 0 Å². The summed E-state index contributed by atoms with van der Waals surface area (Å²) in [7, 11) is 0. The lowest BCUT2D eigenvalue weighted by Crippen LogP contribution is -2.17. The molecule has 48 valence electrons. The van der Waals surface area contributed by atoms with Crippen molar-refractivity contribution < 1.29 is 13.0 Å². The molecule has 0 bridgehead atoms. The predicted octanol–water partition coefficient (Wildman–Crippen LogP) is 2.19. The van der Waals surface area contributed by atoms with Gasteiger partial charge in [0, 0.05) is 13.6 Å². The average Bonchev–Trinajstić information content (AvgIpc) is 1.80. The molecule has 0 aromatic heterocycles. The fourth-order valence-corrected chi connectivity index (χ4v) is 0.273. The molecule has 0 aliphatic heterocycles. The molecule has 0 N–H and O–H groups in total. The molecule has 0 saturated heterocycles. The second kappa shape index (κ2) is 2.49. The first kappa shape index (κ1) is 2.30. The van der Waals surface area contributed by atoms with E-state index < -0.39 is 24.4 Å². The Labute approximate surface area is 63.5 Å². The molecule has 2 heteroatoms. The summed E-state index contributed by atoms with van der Waals surface area (Å²) >= 11 is 5.11. The molecule has 1 nitrogen and oxygen atoms in total. The Hall–Kier alpha value is -0.0400. The van der Waals surface area contributed by atoms with E-state index in [0.29, 0.717) is 0 Å². The third-order valence-electron chi connectivity index (χ3n) is 0.866. The molecule has 0 aliphatic carbocycles. The van der Waals surface area contributed by atoms with Gasteiger partial charge in [-0.25, -0.2) is 0 Å². The zero-order valence-electron chi connectivity index (χ0n) is 10.5. The predicted molar refractivity (Wildman–Crippen MR) is 34.9 cm³/mol. The van der Waals surface area contributed by atoms with Gasteiger partial charge in [-0.3, -0.25) is 4.79 Å². The van der Waals surface area contributed by atoms with Crippen LogP contribution in [0.15, 0.2) is 0 Å². The standard InChI is InChI=1S/C6H11ClO/c1-4-6(2,3)5(7)8/h4H2,1-3H3/i2D3,3D3. The number of hydrogen-bond donors (Lipinski definition) is 0. The third-order valence-corrected chi connectivity index (χ3v) is 1.19. The van der Waals surface area contributed by atoms with E-state index in [1.165, 1.54) is 6.92 Å². The molecular formula is C6H11ClO. The highest BCUT2D eigenvalue weighted by Gasteiger charge is 2.22. The summed E-state index contributed by atoms with van der Waals surface area (Å²) in [4.78, 5) is 11.0. The molecule has 0 heterocycles. The number of carbonyl (C=O) groups is 1. The molecular weight excluding hydrogens is 124 g/mol. The van der Waals surface area contributed by atoms with Crippen molar-refractivity contribution in [3.63, 3.8) is 0 Å². The van der Waals surface area contributed by atoms with E-state index in [1.54, 1.807) is 0 Å². The van der Waals surface area contributed by atoms with Crippen LogP contribution in [0.3, 0.4) is 0 Å². The van der Waals surface area contributed by atoms with Crippen LogP contribution in [0.25, 0.3) is 0 Å². The van der Waals surface area contributed by atoms with Crippen LogP contribution in [0.5, 0.6) is 0 Å². The van der Waals surface area contributed by atoms with E-state index in [-0.39, 0.29) is 6.42 Å². The molecule has 0 unspecified atom stereocenters. The van der Waals surface area contributed by atoms with Crippen LogP contribution in [0.4, 0.5) is 0 Å². The Bertz CT molecular complexity index is 215. The van der Waals surface area contributed by atoms with Crippen molar-refractivity contribution in [3.05, 3.63) is 0 Å². The fourth-order valence-electron chi connectivity index (χ4n) is 0.139. The summed E-state index contributed by atoms with van der Waals surface area (Å²) in [6, 6.07) is 0. The highest BCUT2D eigenvalue weighted by atomic mass is 35.5. The largest absolute Gasteiger partial charge is 0.281 e. The van der Waals surface area contributed by atoms with Crippen LogP contribution in [0, 0.1) is 5.41 Å². The van der Waals surface area contributed by atoms with Gasteiger partial charge in [0.25, 0.3) is 0 Å². The van der Waals surface area contributed by atoms with Gasteiger partial charge in [-0.2, -0.15) is 0 Å². The Morgan fingerprint density at radius 3 is 2.38 bits per heavy atom. The van der Waals surface area contributed by atoms with Crippen LogP contribution in [-0.2, 0) is 4.79 Å². The lowest BCUT2D eigenvalue weighted by molar-refractivity contribution is -0.119. The van der Waals surface area contributed by atoms with Crippen LogP contribution >= 0.6 is 11.6 Å². The van der Waals surface area contributed by atoms with Gasteiger partial charge in [-0.1, -0.05) is 20.6 Å². The Morgan fingerprint density at radius 2 is 2.38 bits per heavy atom. The Morgan fingerprint density at radius 1 is 1.88 bits per heavy atom. The van der Waals surface area contributed by atoms with Crippen molar-refractivity contribution in [2.75, 3.05) is 0 Å².